The Kier molecular flexibility index (Phi) is 13.2. The van der Waals surface area contributed by atoms with Crippen molar-refractivity contribution in [1.29, 1.82) is 0 Å². The van der Waals surface area contributed by atoms with Crippen molar-refractivity contribution in [2.45, 2.75) is 108 Å². The number of benzene rings is 2. The predicted octanol–water partition coefficient (Wildman–Crippen LogP) is 0.575. The van der Waals surface area contributed by atoms with E-state index in [4.69, 9.17) is 9.47 Å². The predicted molar refractivity (Wildman–Crippen MR) is 211 cm³/mol. The number of aliphatic hydroxyl groups is 2. The number of likely N-dealkylation sites (tertiary alicyclic amines) is 2. The van der Waals surface area contributed by atoms with Crippen molar-refractivity contribution < 1.29 is 62.0 Å². The molecule has 20 heteroatoms. The highest BCUT2D eigenvalue weighted by Gasteiger charge is 2.63. The van der Waals surface area contributed by atoms with Crippen LogP contribution in [0.2, 0.25) is 0 Å². The molecule has 2 saturated heterocycles. The Bertz CT molecular complexity index is 2070. The first-order valence-corrected chi connectivity index (χ1v) is 20.1. The molecule has 9 atom stereocenters. The van der Waals surface area contributed by atoms with Gasteiger partial charge in [0.05, 0.1) is 12.2 Å². The lowest BCUT2D eigenvalue weighted by Crippen LogP contribution is -2.62. The number of urea groups is 1. The second-order valence-corrected chi connectivity index (χ2v) is 16.4. The Hall–Kier alpha value is -5.89. The van der Waals surface area contributed by atoms with Crippen LogP contribution in [0.5, 0.6) is 11.5 Å². The van der Waals surface area contributed by atoms with Gasteiger partial charge in [-0.15, -0.1) is 0 Å². The van der Waals surface area contributed by atoms with E-state index in [-0.39, 0.29) is 49.1 Å². The van der Waals surface area contributed by atoms with Gasteiger partial charge in [-0.05, 0) is 75.8 Å². The molecule has 6 rings (SSSR count). The highest BCUT2D eigenvalue weighted by Crippen LogP contribution is 2.48. The van der Waals surface area contributed by atoms with Gasteiger partial charge in [-0.25, -0.2) is 13.6 Å². The number of nitrogens with zero attached hydrogens (tertiary/aromatic N) is 3. The number of likely N-dealkylation sites (N-methyl/N-ethyl adjacent to an activating group) is 1. The zero-order valence-electron chi connectivity index (χ0n) is 34.4. The van der Waals surface area contributed by atoms with Crippen molar-refractivity contribution in [3.63, 3.8) is 0 Å². The minimum Gasteiger partial charge on any atom is -0.454 e. The van der Waals surface area contributed by atoms with Crippen molar-refractivity contribution in [2.24, 2.45) is 5.92 Å². The van der Waals surface area contributed by atoms with Crippen molar-refractivity contribution in [3.05, 3.63) is 53.6 Å². The fourth-order valence-corrected chi connectivity index (χ4v) is 8.46. The number of nitrogens with one attached hydrogen (secondary N) is 4. The van der Waals surface area contributed by atoms with E-state index in [1.54, 1.807) is 6.07 Å². The van der Waals surface area contributed by atoms with Gasteiger partial charge in [-0.2, -0.15) is 0 Å². The summed E-state index contributed by atoms with van der Waals surface area (Å²) in [7, 11) is 1.26. The summed E-state index contributed by atoms with van der Waals surface area (Å²) < 4.78 is 39.0. The molecule has 0 unspecified atom stereocenters. The number of carbonyl (C=O) groups is 7. The molecule has 18 nitrogen and oxygen atoms in total. The quantitative estimate of drug-likeness (QED) is 0.154. The van der Waals surface area contributed by atoms with Gasteiger partial charge in [-0.1, -0.05) is 6.92 Å². The molecule has 7 amide bonds. The van der Waals surface area contributed by atoms with E-state index >= 15 is 0 Å². The molecular formula is C41H51F2N7O11. The Labute approximate surface area is 350 Å². The monoisotopic (exact) mass is 855 g/mol. The molecule has 1 saturated carbocycles. The highest BCUT2D eigenvalue weighted by molar-refractivity contribution is 6.09. The Morgan fingerprint density at radius 2 is 1.59 bits per heavy atom. The second kappa shape index (κ2) is 18.0. The largest absolute Gasteiger partial charge is 0.454 e. The maximum absolute atomic E-state index is 14.2. The van der Waals surface area contributed by atoms with E-state index in [1.165, 1.54) is 44.9 Å². The Balaban J connectivity index is 1.14. The number of rotatable bonds is 14. The van der Waals surface area contributed by atoms with Crippen molar-refractivity contribution in [2.75, 3.05) is 32.2 Å². The third kappa shape index (κ3) is 9.69. The zero-order valence-corrected chi connectivity index (χ0v) is 34.4. The molecule has 0 aromatic heterocycles. The fraction of sp³-hybridized carbons (Fsp3) is 0.537. The van der Waals surface area contributed by atoms with E-state index in [0.29, 0.717) is 37.0 Å². The van der Waals surface area contributed by atoms with Gasteiger partial charge < -0.3 is 55.7 Å². The van der Waals surface area contributed by atoms with E-state index in [0.717, 1.165) is 21.9 Å². The van der Waals surface area contributed by atoms with Gasteiger partial charge in [0.25, 0.3) is 0 Å². The number of carbonyl (C=O) groups excluding carboxylic acids is 7. The lowest BCUT2D eigenvalue weighted by molar-refractivity contribution is -0.151. The average molecular weight is 856 g/mol. The number of Topliss-reactive ketones (excluding diaryl/α,β-unsaturated/α-hetero) is 1. The summed E-state index contributed by atoms with van der Waals surface area (Å²) in [6.45, 7) is 6.24. The zero-order chi connectivity index (χ0) is 44.5. The van der Waals surface area contributed by atoms with Crippen LogP contribution in [0.3, 0.4) is 0 Å². The number of hydrogen-bond donors (Lipinski definition) is 6. The summed E-state index contributed by atoms with van der Waals surface area (Å²) in [5.41, 5.74) is -0.615. The van der Waals surface area contributed by atoms with Crippen LogP contribution in [-0.4, -0.2) is 141 Å². The lowest BCUT2D eigenvalue weighted by Gasteiger charge is -2.36. The van der Waals surface area contributed by atoms with Crippen LogP contribution in [0.4, 0.5) is 19.3 Å². The van der Waals surface area contributed by atoms with Gasteiger partial charge in [0.2, 0.25) is 36.3 Å². The molecule has 1 spiro atoms. The van der Waals surface area contributed by atoms with Crippen LogP contribution in [-0.2, 0) is 35.2 Å². The third-order valence-corrected chi connectivity index (χ3v) is 11.5. The molecule has 2 aromatic carbocycles. The first kappa shape index (κ1) is 44.7. The SMILES string of the molecule is C[C@@H]1CN(C(=O)[C@H](C)NC(=O)[C@H]([C@H](C)O)N(C)C(=O)[C@@H]2CCCN2C(=O)[C@@H](NC(=O)[C@H](Cc2cc(F)cc(F)c2)NC(=O)Nc2ccc3c(c2)OCO3)[C@H](C)O)[C@]2(CC2=O)C1. The molecule has 3 aliphatic heterocycles. The molecule has 4 aliphatic rings. The molecule has 1 aliphatic carbocycles. The van der Waals surface area contributed by atoms with Crippen LogP contribution in [0.1, 0.15) is 58.9 Å². The molecule has 6 N–H and O–H groups in total. The maximum Gasteiger partial charge on any atom is 0.319 e. The van der Waals surface area contributed by atoms with Crippen LogP contribution in [0.25, 0.3) is 0 Å². The topological polar surface area (TPSA) is 236 Å². The molecule has 3 heterocycles. The number of fused-ring (bicyclic) bond motifs is 1. The number of ketones is 1. The van der Waals surface area contributed by atoms with Crippen LogP contribution < -0.4 is 30.7 Å². The van der Waals surface area contributed by atoms with E-state index in [9.17, 15) is 52.6 Å². The number of amides is 7. The number of aliphatic hydroxyl groups excluding tert-OH is 2. The number of anilines is 1. The van der Waals surface area contributed by atoms with E-state index in [1.807, 2.05) is 6.92 Å². The smallest absolute Gasteiger partial charge is 0.319 e. The molecular weight excluding hydrogens is 804 g/mol. The van der Waals surface area contributed by atoms with Crippen molar-refractivity contribution in [1.82, 2.24) is 30.7 Å². The van der Waals surface area contributed by atoms with E-state index in [2.05, 4.69) is 21.3 Å². The Morgan fingerprint density at radius 3 is 2.23 bits per heavy atom. The normalized spacial score (nSPS) is 23.1. The standard InChI is InChI=1S/C41H51F2N7O11/c1-20-16-41(17-32(41)53)50(18-20)37(56)21(2)44-36(55)34(23(4)52)48(5)38(57)29-7-6-10-49(29)39(58)33(22(3)51)47-35(54)28(13-24-11-25(42)14-26(43)12-24)46-40(59)45-27-8-9-30-31(15-27)61-19-60-30/h8-9,11-12,14-15,20-23,28-29,33-34,51-52H,6-7,10,13,16-19H2,1-5H3,(H,44,55)(H,47,54)(H2,45,46,59)/t20-,21-,22-,23-,28-,29-,33-,34-,41-/m0/s1. The van der Waals surface area contributed by atoms with Crippen LogP contribution >= 0.6 is 0 Å². The molecule has 61 heavy (non-hydrogen) atoms. The minimum absolute atomic E-state index is 0.0101. The molecule has 2 aromatic rings. The summed E-state index contributed by atoms with van der Waals surface area (Å²) >= 11 is 0. The number of halogens is 2. The minimum atomic E-state index is -1.69. The second-order valence-electron chi connectivity index (χ2n) is 16.4. The molecule has 3 fully saturated rings. The molecule has 0 radical (unpaired) electrons. The lowest BCUT2D eigenvalue weighted by atomic mass is 10.0. The highest BCUT2D eigenvalue weighted by atomic mass is 19.1. The third-order valence-electron chi connectivity index (χ3n) is 11.5. The Morgan fingerprint density at radius 1 is 0.918 bits per heavy atom. The first-order chi connectivity index (χ1) is 28.8. The van der Waals surface area contributed by atoms with E-state index < -0.39 is 102 Å². The van der Waals surface area contributed by atoms with Gasteiger partial charge in [-0.3, -0.25) is 28.8 Å². The van der Waals surface area contributed by atoms with Gasteiger partial charge in [0.1, 0.15) is 47.4 Å². The summed E-state index contributed by atoms with van der Waals surface area (Å²) in [6, 6.07) is -0.859. The summed E-state index contributed by atoms with van der Waals surface area (Å²) in [4.78, 5) is 98.2. The number of hydrogen-bond acceptors (Lipinski definition) is 11. The van der Waals surface area contributed by atoms with Gasteiger partial charge in [0.15, 0.2) is 17.3 Å². The average Bonchev–Trinajstić information content (AvgIpc) is 3.61. The summed E-state index contributed by atoms with van der Waals surface area (Å²) in [5, 5.41) is 31.5. The van der Waals surface area contributed by atoms with Crippen LogP contribution in [0, 0.1) is 17.6 Å². The molecule has 0 bridgehead atoms. The first-order valence-electron chi connectivity index (χ1n) is 20.1. The van der Waals surface area contributed by atoms with Crippen molar-refractivity contribution in [3.8, 4) is 11.5 Å². The van der Waals surface area contributed by atoms with Crippen molar-refractivity contribution >= 4 is 47.0 Å². The van der Waals surface area contributed by atoms with Gasteiger partial charge >= 0.3 is 6.03 Å². The summed E-state index contributed by atoms with van der Waals surface area (Å²) in [5.74, 6) is -4.98. The fourth-order valence-electron chi connectivity index (χ4n) is 8.46. The number of ether oxygens (including phenoxy) is 2. The summed E-state index contributed by atoms with van der Waals surface area (Å²) in [6.07, 6.45) is -2.22. The van der Waals surface area contributed by atoms with Gasteiger partial charge in [0, 0.05) is 50.8 Å². The molecule has 330 valence electrons. The maximum atomic E-state index is 14.2. The van der Waals surface area contributed by atoms with Crippen LogP contribution in [0.15, 0.2) is 36.4 Å².